The van der Waals surface area contributed by atoms with Crippen LogP contribution in [0.4, 0.5) is 10.3 Å². The molecule has 3 rings (SSSR count). The van der Waals surface area contributed by atoms with Crippen molar-refractivity contribution in [3.63, 3.8) is 0 Å². The molecule has 0 aliphatic heterocycles. The summed E-state index contributed by atoms with van der Waals surface area (Å²) in [5.74, 6) is 1.02. The van der Waals surface area contributed by atoms with Gasteiger partial charge in [0.05, 0.1) is 12.1 Å². The Balaban J connectivity index is 1.74. The number of aromatic nitrogens is 4. The average Bonchev–Trinajstić information content (AvgIpc) is 3.04. The maximum absolute atomic E-state index is 13.7. The largest absolute Gasteiger partial charge is 0.493 e. The third kappa shape index (κ3) is 4.02. The highest BCUT2D eigenvalue weighted by atomic mass is 35.5. The standard InChI is InChI=1S/C17H17ClFN5O2/c1-24-17(21-22-23-24)20-9-11-7-13(18)16(15(8-11)25-2)26-10-12-5-3-4-6-14(12)19/h3-8H,9-10H2,1-2H3,(H,20,21,23). The molecular formula is C17H17ClFN5O2. The lowest BCUT2D eigenvalue weighted by Crippen LogP contribution is -2.06. The second-order valence-corrected chi connectivity index (χ2v) is 5.88. The molecule has 1 aromatic heterocycles. The molecule has 1 heterocycles. The van der Waals surface area contributed by atoms with Gasteiger partial charge in [0, 0.05) is 19.2 Å². The zero-order chi connectivity index (χ0) is 18.5. The van der Waals surface area contributed by atoms with E-state index in [0.717, 1.165) is 5.56 Å². The topological polar surface area (TPSA) is 74.1 Å². The zero-order valence-corrected chi connectivity index (χ0v) is 15.0. The van der Waals surface area contributed by atoms with Crippen LogP contribution >= 0.6 is 11.6 Å². The van der Waals surface area contributed by atoms with Crippen LogP contribution in [-0.2, 0) is 20.2 Å². The molecule has 0 aliphatic rings. The molecule has 26 heavy (non-hydrogen) atoms. The van der Waals surface area contributed by atoms with Crippen molar-refractivity contribution in [3.8, 4) is 11.5 Å². The quantitative estimate of drug-likeness (QED) is 0.681. The normalized spacial score (nSPS) is 10.6. The highest BCUT2D eigenvalue weighted by molar-refractivity contribution is 6.32. The molecule has 9 heteroatoms. The number of hydrogen-bond acceptors (Lipinski definition) is 6. The molecule has 3 aromatic rings. The van der Waals surface area contributed by atoms with Crippen LogP contribution in [-0.4, -0.2) is 27.3 Å². The van der Waals surface area contributed by atoms with Crippen molar-refractivity contribution in [1.29, 1.82) is 0 Å². The minimum atomic E-state index is -0.333. The summed E-state index contributed by atoms with van der Waals surface area (Å²) in [6.45, 7) is 0.489. The second-order valence-electron chi connectivity index (χ2n) is 5.47. The van der Waals surface area contributed by atoms with Gasteiger partial charge in [0.15, 0.2) is 11.5 Å². The predicted octanol–water partition coefficient (Wildman–Crippen LogP) is 3.20. The molecule has 0 aliphatic carbocycles. The molecule has 0 amide bonds. The third-order valence-corrected chi connectivity index (χ3v) is 3.97. The fourth-order valence-corrected chi connectivity index (χ4v) is 2.63. The van der Waals surface area contributed by atoms with Crippen molar-refractivity contribution >= 4 is 17.5 Å². The van der Waals surface area contributed by atoms with Crippen LogP contribution in [0, 0.1) is 5.82 Å². The first-order valence-corrected chi connectivity index (χ1v) is 8.15. The summed E-state index contributed by atoms with van der Waals surface area (Å²) in [6.07, 6.45) is 0. The SMILES string of the molecule is COc1cc(CNc2nnnn2C)cc(Cl)c1OCc1ccccc1F. The predicted molar refractivity (Wildman–Crippen MR) is 94.9 cm³/mol. The number of tetrazole rings is 1. The zero-order valence-electron chi connectivity index (χ0n) is 14.2. The maximum Gasteiger partial charge on any atom is 0.242 e. The molecule has 0 saturated carbocycles. The lowest BCUT2D eigenvalue weighted by atomic mass is 10.2. The van der Waals surface area contributed by atoms with Gasteiger partial charge in [0.2, 0.25) is 5.95 Å². The Kier molecular flexibility index (Phi) is 5.52. The molecule has 7 nitrogen and oxygen atoms in total. The van der Waals surface area contributed by atoms with E-state index >= 15 is 0 Å². The smallest absolute Gasteiger partial charge is 0.242 e. The molecule has 0 atom stereocenters. The number of anilines is 1. The molecule has 136 valence electrons. The van der Waals surface area contributed by atoms with Crippen molar-refractivity contribution in [2.24, 2.45) is 7.05 Å². The Morgan fingerprint density at radius 3 is 2.77 bits per heavy atom. The van der Waals surface area contributed by atoms with Gasteiger partial charge in [-0.15, -0.1) is 0 Å². The van der Waals surface area contributed by atoms with E-state index in [1.165, 1.54) is 17.9 Å². The second kappa shape index (κ2) is 8.01. The number of nitrogens with one attached hydrogen (secondary N) is 1. The van der Waals surface area contributed by atoms with Gasteiger partial charge >= 0.3 is 0 Å². The van der Waals surface area contributed by atoms with E-state index in [4.69, 9.17) is 21.1 Å². The number of rotatable bonds is 7. The van der Waals surface area contributed by atoms with Crippen LogP contribution in [0.5, 0.6) is 11.5 Å². The first-order valence-electron chi connectivity index (χ1n) is 7.77. The van der Waals surface area contributed by atoms with Crippen LogP contribution in [0.15, 0.2) is 36.4 Å². The monoisotopic (exact) mass is 377 g/mol. The lowest BCUT2D eigenvalue weighted by Gasteiger charge is -2.15. The molecule has 1 N–H and O–H groups in total. The Bertz CT molecular complexity index is 903. The Morgan fingerprint density at radius 2 is 2.08 bits per heavy atom. The van der Waals surface area contributed by atoms with Crippen molar-refractivity contribution < 1.29 is 13.9 Å². The summed E-state index contributed by atoms with van der Waals surface area (Å²) >= 11 is 6.34. The number of methoxy groups -OCH3 is 1. The number of aryl methyl sites for hydroxylation is 1. The summed E-state index contributed by atoms with van der Waals surface area (Å²) in [4.78, 5) is 0. The van der Waals surface area contributed by atoms with Gasteiger partial charge in [0.1, 0.15) is 12.4 Å². The molecule has 0 saturated heterocycles. The molecule has 0 unspecified atom stereocenters. The molecule has 2 aromatic carbocycles. The molecule has 0 fully saturated rings. The van der Waals surface area contributed by atoms with E-state index in [1.807, 2.05) is 0 Å². The van der Waals surface area contributed by atoms with E-state index in [2.05, 4.69) is 20.8 Å². The number of halogens is 2. The average molecular weight is 378 g/mol. The maximum atomic E-state index is 13.7. The highest BCUT2D eigenvalue weighted by Gasteiger charge is 2.14. The van der Waals surface area contributed by atoms with Crippen molar-refractivity contribution in [2.75, 3.05) is 12.4 Å². The van der Waals surface area contributed by atoms with Gasteiger partial charge in [0.25, 0.3) is 0 Å². The number of hydrogen-bond donors (Lipinski definition) is 1. The highest BCUT2D eigenvalue weighted by Crippen LogP contribution is 2.37. The summed E-state index contributed by atoms with van der Waals surface area (Å²) in [5, 5.41) is 14.6. The van der Waals surface area contributed by atoms with E-state index in [9.17, 15) is 4.39 Å². The van der Waals surface area contributed by atoms with Gasteiger partial charge in [-0.25, -0.2) is 9.07 Å². The van der Waals surface area contributed by atoms with Gasteiger partial charge in [-0.1, -0.05) is 34.9 Å². The van der Waals surface area contributed by atoms with Crippen LogP contribution in [0.2, 0.25) is 5.02 Å². The number of ether oxygens (including phenoxy) is 2. The molecule has 0 spiro atoms. The van der Waals surface area contributed by atoms with Crippen LogP contribution in [0.25, 0.3) is 0 Å². The number of nitrogens with zero attached hydrogens (tertiary/aromatic N) is 4. The lowest BCUT2D eigenvalue weighted by molar-refractivity contribution is 0.280. The Hall–Kier alpha value is -2.87. The minimum Gasteiger partial charge on any atom is -0.493 e. The molecular weight excluding hydrogens is 361 g/mol. The molecule has 0 radical (unpaired) electrons. The van der Waals surface area contributed by atoms with Gasteiger partial charge in [-0.2, -0.15) is 0 Å². The minimum absolute atomic E-state index is 0.0466. The van der Waals surface area contributed by atoms with Crippen molar-refractivity contribution in [1.82, 2.24) is 20.2 Å². The summed E-state index contributed by atoms with van der Waals surface area (Å²) < 4.78 is 26.3. The van der Waals surface area contributed by atoms with Crippen molar-refractivity contribution in [3.05, 3.63) is 58.4 Å². The summed E-state index contributed by atoms with van der Waals surface area (Å²) in [5.41, 5.74) is 1.29. The van der Waals surface area contributed by atoms with Gasteiger partial charge in [-0.05, 0) is 34.2 Å². The Morgan fingerprint density at radius 1 is 1.27 bits per heavy atom. The van der Waals surface area contributed by atoms with Crippen LogP contribution in [0.1, 0.15) is 11.1 Å². The first kappa shape index (κ1) is 17.9. The van der Waals surface area contributed by atoms with Crippen molar-refractivity contribution in [2.45, 2.75) is 13.2 Å². The van der Waals surface area contributed by atoms with E-state index < -0.39 is 0 Å². The van der Waals surface area contributed by atoms with E-state index in [-0.39, 0.29) is 12.4 Å². The fourth-order valence-electron chi connectivity index (χ4n) is 2.34. The summed E-state index contributed by atoms with van der Waals surface area (Å²) in [7, 11) is 3.25. The van der Waals surface area contributed by atoms with E-state index in [0.29, 0.717) is 34.6 Å². The van der Waals surface area contributed by atoms with Crippen LogP contribution in [0.3, 0.4) is 0 Å². The number of benzene rings is 2. The van der Waals surface area contributed by atoms with Gasteiger partial charge < -0.3 is 14.8 Å². The van der Waals surface area contributed by atoms with E-state index in [1.54, 1.807) is 37.4 Å². The molecule has 0 bridgehead atoms. The van der Waals surface area contributed by atoms with Crippen LogP contribution < -0.4 is 14.8 Å². The summed E-state index contributed by atoms with van der Waals surface area (Å²) in [6, 6.07) is 9.95. The first-order chi connectivity index (χ1) is 12.6. The Labute approximate surface area is 154 Å². The van der Waals surface area contributed by atoms with Gasteiger partial charge in [-0.3, -0.25) is 0 Å². The third-order valence-electron chi connectivity index (χ3n) is 3.69. The fraction of sp³-hybridized carbons (Fsp3) is 0.235.